The van der Waals surface area contributed by atoms with E-state index in [0.29, 0.717) is 12.1 Å². The van der Waals surface area contributed by atoms with Crippen LogP contribution in [0.2, 0.25) is 0 Å². The molecule has 1 rings (SSSR count). The van der Waals surface area contributed by atoms with Crippen molar-refractivity contribution in [1.29, 1.82) is 0 Å². The minimum absolute atomic E-state index is 0.206. The Morgan fingerprint density at radius 1 is 1.25 bits per heavy atom. The van der Waals surface area contributed by atoms with Crippen molar-refractivity contribution in [3.63, 3.8) is 0 Å². The molecule has 0 amide bonds. The second-order valence-corrected chi connectivity index (χ2v) is 4.06. The average molecular weight is 228 g/mol. The van der Waals surface area contributed by atoms with E-state index in [9.17, 15) is 4.79 Å². The fourth-order valence-electron chi connectivity index (χ4n) is 1.69. The van der Waals surface area contributed by atoms with E-state index in [2.05, 4.69) is 9.80 Å². The Bertz CT molecular complexity index is 258. The number of carboxylic acids is 1. The van der Waals surface area contributed by atoms with Gasteiger partial charge in [-0.3, -0.25) is 9.80 Å². The predicted molar refractivity (Wildman–Crippen MR) is 61.4 cm³/mol. The van der Waals surface area contributed by atoms with E-state index in [1.54, 1.807) is 13.0 Å². The highest BCUT2D eigenvalue weighted by Crippen LogP contribution is 2.02. The van der Waals surface area contributed by atoms with Gasteiger partial charge in [0.15, 0.2) is 0 Å². The summed E-state index contributed by atoms with van der Waals surface area (Å²) in [5.41, 5.74) is 0.401. The number of aliphatic hydroxyl groups excluding tert-OH is 1. The summed E-state index contributed by atoms with van der Waals surface area (Å²) in [6.45, 7) is 7.01. The minimum Gasteiger partial charge on any atom is -0.478 e. The number of nitrogens with zero attached hydrogens (tertiary/aromatic N) is 2. The van der Waals surface area contributed by atoms with Crippen LogP contribution in [0.3, 0.4) is 0 Å². The van der Waals surface area contributed by atoms with Gasteiger partial charge in [-0.1, -0.05) is 6.08 Å². The van der Waals surface area contributed by atoms with Crippen LogP contribution in [0, 0.1) is 0 Å². The molecule has 0 atom stereocenters. The van der Waals surface area contributed by atoms with Crippen LogP contribution in [0.25, 0.3) is 0 Å². The molecular weight excluding hydrogens is 208 g/mol. The lowest BCUT2D eigenvalue weighted by Crippen LogP contribution is -2.47. The second-order valence-electron chi connectivity index (χ2n) is 4.06. The summed E-state index contributed by atoms with van der Waals surface area (Å²) in [6.07, 6.45) is 1.75. The van der Waals surface area contributed by atoms with Crippen LogP contribution in [-0.4, -0.2) is 71.9 Å². The number of piperazine rings is 1. The lowest BCUT2D eigenvalue weighted by atomic mass is 10.2. The lowest BCUT2D eigenvalue weighted by Gasteiger charge is -2.33. The summed E-state index contributed by atoms with van der Waals surface area (Å²) in [7, 11) is 0. The Kier molecular flexibility index (Phi) is 5.45. The van der Waals surface area contributed by atoms with Crippen molar-refractivity contribution in [2.45, 2.75) is 6.92 Å². The molecule has 1 aliphatic heterocycles. The molecule has 0 radical (unpaired) electrons. The van der Waals surface area contributed by atoms with E-state index < -0.39 is 5.97 Å². The first-order valence-electron chi connectivity index (χ1n) is 5.59. The third kappa shape index (κ3) is 4.30. The Labute approximate surface area is 96.0 Å². The predicted octanol–water partition coefficient (Wildman–Crippen LogP) is -0.373. The summed E-state index contributed by atoms with van der Waals surface area (Å²) in [6, 6.07) is 0. The normalized spacial score (nSPS) is 20.0. The van der Waals surface area contributed by atoms with Gasteiger partial charge >= 0.3 is 5.97 Å². The van der Waals surface area contributed by atoms with Gasteiger partial charge in [0, 0.05) is 44.8 Å². The molecule has 1 aliphatic rings. The van der Waals surface area contributed by atoms with Gasteiger partial charge in [-0.15, -0.1) is 0 Å². The molecule has 5 nitrogen and oxygen atoms in total. The standard InChI is InChI=1S/C11H20N2O3/c1-10(11(15)16)2-3-12-4-6-13(7-5-12)8-9-14/h2,14H,3-9H2,1H3,(H,15,16). The monoisotopic (exact) mass is 228 g/mol. The number of carboxylic acid groups (broad SMARTS) is 1. The fourth-order valence-corrected chi connectivity index (χ4v) is 1.69. The maximum absolute atomic E-state index is 10.6. The highest BCUT2D eigenvalue weighted by atomic mass is 16.4. The molecule has 0 spiro atoms. The highest BCUT2D eigenvalue weighted by Gasteiger charge is 2.15. The van der Waals surface area contributed by atoms with E-state index in [1.165, 1.54) is 0 Å². The Balaban J connectivity index is 2.27. The van der Waals surface area contributed by atoms with E-state index in [0.717, 1.165) is 32.7 Å². The van der Waals surface area contributed by atoms with Crippen molar-refractivity contribution in [1.82, 2.24) is 9.80 Å². The maximum atomic E-state index is 10.6. The third-order valence-electron chi connectivity index (χ3n) is 2.87. The molecule has 0 aromatic rings. The number of hydrogen-bond acceptors (Lipinski definition) is 4. The second kappa shape index (κ2) is 6.62. The number of carbonyl (C=O) groups is 1. The van der Waals surface area contributed by atoms with Crippen LogP contribution in [-0.2, 0) is 4.79 Å². The summed E-state index contributed by atoms with van der Waals surface area (Å²) < 4.78 is 0. The number of rotatable bonds is 5. The fraction of sp³-hybridized carbons (Fsp3) is 0.727. The van der Waals surface area contributed by atoms with Gasteiger partial charge in [0.05, 0.1) is 6.61 Å². The van der Waals surface area contributed by atoms with Gasteiger partial charge < -0.3 is 10.2 Å². The molecule has 5 heteroatoms. The summed E-state index contributed by atoms with van der Waals surface area (Å²) in [4.78, 5) is 15.0. The maximum Gasteiger partial charge on any atom is 0.330 e. The molecule has 0 unspecified atom stereocenters. The van der Waals surface area contributed by atoms with Gasteiger partial charge in [-0.2, -0.15) is 0 Å². The van der Waals surface area contributed by atoms with Crippen LogP contribution in [0.1, 0.15) is 6.92 Å². The van der Waals surface area contributed by atoms with Gasteiger partial charge in [-0.25, -0.2) is 4.79 Å². The highest BCUT2D eigenvalue weighted by molar-refractivity contribution is 5.85. The topological polar surface area (TPSA) is 64.0 Å². The van der Waals surface area contributed by atoms with Crippen LogP contribution in [0.4, 0.5) is 0 Å². The van der Waals surface area contributed by atoms with Crippen LogP contribution >= 0.6 is 0 Å². The molecule has 1 saturated heterocycles. The molecule has 0 aliphatic carbocycles. The molecule has 0 aromatic carbocycles. The first kappa shape index (κ1) is 13.2. The molecule has 1 heterocycles. The van der Waals surface area contributed by atoms with Gasteiger partial charge in [0.2, 0.25) is 0 Å². The summed E-state index contributed by atoms with van der Waals surface area (Å²) in [5, 5.41) is 17.5. The minimum atomic E-state index is -0.848. The third-order valence-corrected chi connectivity index (χ3v) is 2.87. The Hall–Kier alpha value is -0.910. The van der Waals surface area contributed by atoms with Crippen molar-refractivity contribution in [2.24, 2.45) is 0 Å². The summed E-state index contributed by atoms with van der Waals surface area (Å²) in [5.74, 6) is -0.848. The van der Waals surface area contributed by atoms with E-state index in [4.69, 9.17) is 10.2 Å². The number of β-amino-alcohol motifs (C(OH)–C–C–N with tert-alkyl or cyclic N) is 1. The van der Waals surface area contributed by atoms with Gasteiger partial charge in [0.1, 0.15) is 0 Å². The molecule has 0 aromatic heterocycles. The quantitative estimate of drug-likeness (QED) is 0.628. The van der Waals surface area contributed by atoms with E-state index in [1.807, 2.05) is 0 Å². The number of aliphatic carboxylic acids is 1. The molecule has 92 valence electrons. The lowest BCUT2D eigenvalue weighted by molar-refractivity contribution is -0.132. The zero-order valence-electron chi connectivity index (χ0n) is 9.72. The average Bonchev–Trinajstić information content (AvgIpc) is 2.28. The Morgan fingerprint density at radius 3 is 2.31 bits per heavy atom. The molecule has 2 N–H and O–H groups in total. The van der Waals surface area contributed by atoms with Crippen LogP contribution < -0.4 is 0 Å². The molecule has 0 bridgehead atoms. The van der Waals surface area contributed by atoms with Crippen molar-refractivity contribution in [3.8, 4) is 0 Å². The molecule has 16 heavy (non-hydrogen) atoms. The first-order chi connectivity index (χ1) is 7.63. The van der Waals surface area contributed by atoms with Crippen molar-refractivity contribution in [2.75, 3.05) is 45.9 Å². The van der Waals surface area contributed by atoms with Crippen molar-refractivity contribution >= 4 is 5.97 Å². The van der Waals surface area contributed by atoms with Crippen LogP contribution in [0.5, 0.6) is 0 Å². The molecule has 0 saturated carbocycles. The number of aliphatic hydroxyl groups is 1. The van der Waals surface area contributed by atoms with Gasteiger partial charge in [-0.05, 0) is 6.92 Å². The largest absolute Gasteiger partial charge is 0.478 e. The van der Waals surface area contributed by atoms with Crippen molar-refractivity contribution in [3.05, 3.63) is 11.6 Å². The molecular formula is C11H20N2O3. The Morgan fingerprint density at radius 2 is 1.81 bits per heavy atom. The van der Waals surface area contributed by atoms with Gasteiger partial charge in [0.25, 0.3) is 0 Å². The van der Waals surface area contributed by atoms with Crippen molar-refractivity contribution < 1.29 is 15.0 Å². The zero-order chi connectivity index (χ0) is 12.0. The van der Waals surface area contributed by atoms with E-state index in [-0.39, 0.29) is 6.61 Å². The first-order valence-corrected chi connectivity index (χ1v) is 5.59. The summed E-state index contributed by atoms with van der Waals surface area (Å²) >= 11 is 0. The van der Waals surface area contributed by atoms with Crippen LogP contribution in [0.15, 0.2) is 11.6 Å². The molecule has 1 fully saturated rings. The smallest absolute Gasteiger partial charge is 0.330 e. The SMILES string of the molecule is CC(=CCN1CCN(CCO)CC1)C(=O)O. The zero-order valence-corrected chi connectivity index (χ0v) is 9.72. The van der Waals surface area contributed by atoms with E-state index >= 15 is 0 Å². The number of hydrogen-bond donors (Lipinski definition) is 2.